The predicted molar refractivity (Wildman–Crippen MR) is 80.9 cm³/mol. The number of halogens is 2. The van der Waals surface area contributed by atoms with Crippen LogP contribution in [0.25, 0.3) is 0 Å². The fourth-order valence-electron chi connectivity index (χ4n) is 1.80. The van der Waals surface area contributed by atoms with Crippen molar-refractivity contribution in [2.45, 2.75) is 12.8 Å². The summed E-state index contributed by atoms with van der Waals surface area (Å²) in [7, 11) is 0. The standard InChI is InChI=1S/C15H14F2N2O2S/c16-10-7-11(17)9-12(8-10)19-14(20)4-1-5-18-15(21)13-3-2-6-22-13/h2-3,6-9H,1,4-5H2,(H,18,21)(H,19,20). The molecule has 2 aromatic rings. The van der Waals surface area contributed by atoms with Crippen LogP contribution in [0.1, 0.15) is 22.5 Å². The van der Waals surface area contributed by atoms with Crippen LogP contribution in [0.2, 0.25) is 0 Å². The summed E-state index contributed by atoms with van der Waals surface area (Å²) in [4.78, 5) is 23.9. The number of amides is 2. The molecule has 0 atom stereocenters. The van der Waals surface area contributed by atoms with Crippen LogP contribution >= 0.6 is 11.3 Å². The number of thiophene rings is 1. The highest BCUT2D eigenvalue weighted by Crippen LogP contribution is 2.13. The minimum atomic E-state index is -0.751. The normalized spacial score (nSPS) is 10.3. The van der Waals surface area contributed by atoms with Crippen molar-refractivity contribution in [2.75, 3.05) is 11.9 Å². The van der Waals surface area contributed by atoms with E-state index < -0.39 is 11.6 Å². The lowest BCUT2D eigenvalue weighted by Crippen LogP contribution is -2.24. The van der Waals surface area contributed by atoms with E-state index in [1.165, 1.54) is 11.3 Å². The highest BCUT2D eigenvalue weighted by molar-refractivity contribution is 7.12. The highest BCUT2D eigenvalue weighted by Gasteiger charge is 2.07. The van der Waals surface area contributed by atoms with Gasteiger partial charge in [-0.05, 0) is 30.0 Å². The molecule has 2 rings (SSSR count). The van der Waals surface area contributed by atoms with Gasteiger partial charge in [-0.15, -0.1) is 11.3 Å². The Morgan fingerprint density at radius 2 is 1.86 bits per heavy atom. The maximum absolute atomic E-state index is 13.0. The van der Waals surface area contributed by atoms with Gasteiger partial charge in [0, 0.05) is 24.7 Å². The van der Waals surface area contributed by atoms with Crippen LogP contribution in [0.15, 0.2) is 35.7 Å². The number of rotatable bonds is 6. The second-order valence-electron chi connectivity index (χ2n) is 4.54. The van der Waals surface area contributed by atoms with Crippen LogP contribution in [-0.2, 0) is 4.79 Å². The van der Waals surface area contributed by atoms with E-state index in [9.17, 15) is 18.4 Å². The van der Waals surface area contributed by atoms with E-state index in [0.29, 0.717) is 17.8 Å². The molecule has 116 valence electrons. The average Bonchev–Trinajstić information content (AvgIpc) is 2.96. The van der Waals surface area contributed by atoms with E-state index in [2.05, 4.69) is 10.6 Å². The molecule has 0 aliphatic heterocycles. The van der Waals surface area contributed by atoms with Crippen LogP contribution in [0, 0.1) is 11.6 Å². The van der Waals surface area contributed by atoms with Crippen LogP contribution in [0.4, 0.5) is 14.5 Å². The topological polar surface area (TPSA) is 58.2 Å². The van der Waals surface area contributed by atoms with Crippen molar-refractivity contribution in [3.8, 4) is 0 Å². The summed E-state index contributed by atoms with van der Waals surface area (Å²) in [5, 5.41) is 6.91. The van der Waals surface area contributed by atoms with Gasteiger partial charge in [-0.2, -0.15) is 0 Å². The Kier molecular flexibility index (Phi) is 5.60. The fourth-order valence-corrected chi connectivity index (χ4v) is 2.44. The quantitative estimate of drug-likeness (QED) is 0.802. The number of benzene rings is 1. The molecule has 0 spiro atoms. The molecule has 0 fully saturated rings. The van der Waals surface area contributed by atoms with Crippen molar-refractivity contribution in [2.24, 2.45) is 0 Å². The van der Waals surface area contributed by atoms with Crippen LogP contribution in [-0.4, -0.2) is 18.4 Å². The first-order valence-corrected chi connectivity index (χ1v) is 7.50. The third kappa shape index (κ3) is 4.92. The first kappa shape index (κ1) is 16.1. The zero-order valence-electron chi connectivity index (χ0n) is 11.6. The van der Waals surface area contributed by atoms with Crippen molar-refractivity contribution >= 4 is 28.8 Å². The number of carbonyl (C=O) groups is 2. The van der Waals surface area contributed by atoms with Crippen molar-refractivity contribution in [1.82, 2.24) is 5.32 Å². The lowest BCUT2D eigenvalue weighted by Gasteiger charge is -2.06. The monoisotopic (exact) mass is 324 g/mol. The zero-order chi connectivity index (χ0) is 15.9. The second kappa shape index (κ2) is 7.65. The van der Waals surface area contributed by atoms with E-state index in [4.69, 9.17) is 0 Å². The number of nitrogens with one attached hydrogen (secondary N) is 2. The van der Waals surface area contributed by atoms with Gasteiger partial charge >= 0.3 is 0 Å². The molecule has 7 heteroatoms. The molecule has 2 amide bonds. The third-order valence-corrected chi connectivity index (χ3v) is 3.63. The minimum absolute atomic E-state index is 0.0742. The summed E-state index contributed by atoms with van der Waals surface area (Å²) >= 11 is 1.34. The van der Waals surface area contributed by atoms with Crippen molar-refractivity contribution in [3.63, 3.8) is 0 Å². The summed E-state index contributed by atoms with van der Waals surface area (Å²) in [6.07, 6.45) is 0.573. The van der Waals surface area contributed by atoms with E-state index in [1.807, 2.05) is 0 Å². The number of hydrogen-bond acceptors (Lipinski definition) is 3. The Morgan fingerprint density at radius 3 is 2.50 bits per heavy atom. The number of anilines is 1. The molecule has 1 aromatic carbocycles. The lowest BCUT2D eigenvalue weighted by atomic mass is 10.2. The summed E-state index contributed by atoms with van der Waals surface area (Å²) in [6.45, 7) is 0.349. The molecule has 1 aromatic heterocycles. The minimum Gasteiger partial charge on any atom is -0.351 e. The van der Waals surface area contributed by atoms with Gasteiger partial charge < -0.3 is 10.6 Å². The molecule has 2 N–H and O–H groups in total. The van der Waals surface area contributed by atoms with Crippen molar-refractivity contribution in [1.29, 1.82) is 0 Å². The lowest BCUT2D eigenvalue weighted by molar-refractivity contribution is -0.116. The summed E-state index contributed by atoms with van der Waals surface area (Å²) in [5.41, 5.74) is 0.0742. The van der Waals surface area contributed by atoms with E-state index in [1.54, 1.807) is 17.5 Å². The van der Waals surface area contributed by atoms with Gasteiger partial charge in [-0.3, -0.25) is 9.59 Å². The van der Waals surface area contributed by atoms with Crippen molar-refractivity contribution in [3.05, 3.63) is 52.2 Å². The Hall–Kier alpha value is -2.28. The molecule has 4 nitrogen and oxygen atoms in total. The van der Waals surface area contributed by atoms with Gasteiger partial charge in [0.2, 0.25) is 5.91 Å². The van der Waals surface area contributed by atoms with Gasteiger partial charge in [-0.25, -0.2) is 8.78 Å². The van der Waals surface area contributed by atoms with E-state index >= 15 is 0 Å². The Bertz CT molecular complexity index is 639. The maximum atomic E-state index is 13.0. The Labute approximate surface area is 130 Å². The molecular weight excluding hydrogens is 310 g/mol. The molecular formula is C15H14F2N2O2S. The van der Waals surface area contributed by atoms with E-state index in [-0.39, 0.29) is 23.9 Å². The van der Waals surface area contributed by atoms with Gasteiger partial charge in [-0.1, -0.05) is 6.07 Å². The fraction of sp³-hybridized carbons (Fsp3) is 0.200. The van der Waals surface area contributed by atoms with Gasteiger partial charge in [0.25, 0.3) is 5.91 Å². The first-order chi connectivity index (χ1) is 10.5. The SMILES string of the molecule is O=C(CCCNC(=O)c1cccs1)Nc1cc(F)cc(F)c1. The molecule has 0 saturated heterocycles. The maximum Gasteiger partial charge on any atom is 0.261 e. The van der Waals surface area contributed by atoms with Crippen LogP contribution < -0.4 is 10.6 Å². The summed E-state index contributed by atoms with van der Waals surface area (Å²) < 4.78 is 25.9. The summed E-state index contributed by atoms with van der Waals surface area (Å²) in [5.74, 6) is -2.05. The Balaban J connectivity index is 1.70. The largest absolute Gasteiger partial charge is 0.351 e. The molecule has 0 bridgehead atoms. The smallest absolute Gasteiger partial charge is 0.261 e. The molecule has 0 unspecified atom stereocenters. The van der Waals surface area contributed by atoms with Crippen LogP contribution in [0.3, 0.4) is 0 Å². The van der Waals surface area contributed by atoms with Crippen molar-refractivity contribution < 1.29 is 18.4 Å². The predicted octanol–water partition coefficient (Wildman–Crippen LogP) is 3.18. The molecule has 0 aliphatic rings. The molecule has 22 heavy (non-hydrogen) atoms. The molecule has 0 radical (unpaired) electrons. The van der Waals surface area contributed by atoms with Gasteiger partial charge in [0.1, 0.15) is 11.6 Å². The van der Waals surface area contributed by atoms with E-state index in [0.717, 1.165) is 18.2 Å². The highest BCUT2D eigenvalue weighted by atomic mass is 32.1. The Morgan fingerprint density at radius 1 is 1.14 bits per heavy atom. The molecule has 0 saturated carbocycles. The zero-order valence-corrected chi connectivity index (χ0v) is 12.4. The third-order valence-electron chi connectivity index (χ3n) is 2.76. The summed E-state index contributed by atoms with van der Waals surface area (Å²) in [6, 6.07) is 6.31. The molecule has 0 aliphatic carbocycles. The molecule has 1 heterocycles. The number of hydrogen-bond donors (Lipinski definition) is 2. The van der Waals surface area contributed by atoms with Gasteiger partial charge in [0.05, 0.1) is 4.88 Å². The first-order valence-electron chi connectivity index (χ1n) is 6.62. The average molecular weight is 324 g/mol. The van der Waals surface area contributed by atoms with Gasteiger partial charge in [0.15, 0.2) is 0 Å². The van der Waals surface area contributed by atoms with Crippen LogP contribution in [0.5, 0.6) is 0 Å². The second-order valence-corrected chi connectivity index (χ2v) is 5.49. The number of carbonyl (C=O) groups excluding carboxylic acids is 2.